The minimum absolute atomic E-state index is 0.00392. The Bertz CT molecular complexity index is 1010. The van der Waals surface area contributed by atoms with Gasteiger partial charge in [0.1, 0.15) is 18.2 Å². The van der Waals surface area contributed by atoms with Crippen molar-refractivity contribution in [1.29, 1.82) is 0 Å². The van der Waals surface area contributed by atoms with Gasteiger partial charge in [0.05, 0.1) is 17.2 Å². The third-order valence-corrected chi connectivity index (χ3v) is 4.40. The molecule has 7 nitrogen and oxygen atoms in total. The highest BCUT2D eigenvalue weighted by atomic mass is 19.1. The fourth-order valence-corrected chi connectivity index (χ4v) is 3.16. The number of nitrogens with zero attached hydrogens (tertiary/aromatic N) is 4. The molecular weight excluding hydrogens is 325 g/mol. The van der Waals surface area contributed by atoms with Crippen LogP contribution < -0.4 is 10.9 Å². The van der Waals surface area contributed by atoms with Gasteiger partial charge in [-0.1, -0.05) is 0 Å². The van der Waals surface area contributed by atoms with Gasteiger partial charge < -0.3 is 9.88 Å². The van der Waals surface area contributed by atoms with Gasteiger partial charge in [-0.2, -0.15) is 0 Å². The summed E-state index contributed by atoms with van der Waals surface area (Å²) < 4.78 is 16.6. The highest BCUT2D eigenvalue weighted by molar-refractivity contribution is 5.79. The van der Waals surface area contributed by atoms with E-state index in [1.165, 1.54) is 23.0 Å². The molecule has 1 aromatic carbocycles. The van der Waals surface area contributed by atoms with E-state index in [1.54, 1.807) is 6.20 Å². The van der Waals surface area contributed by atoms with Crippen molar-refractivity contribution in [3.05, 3.63) is 58.9 Å². The second kappa shape index (κ2) is 6.12. The number of aromatic nitrogens is 4. The van der Waals surface area contributed by atoms with E-state index in [0.717, 1.165) is 24.7 Å². The van der Waals surface area contributed by atoms with Crippen LogP contribution in [0.15, 0.2) is 41.7 Å². The predicted molar refractivity (Wildman–Crippen MR) is 88.4 cm³/mol. The molecule has 25 heavy (non-hydrogen) atoms. The lowest BCUT2D eigenvalue weighted by Crippen LogP contribution is -2.43. The number of carbonyl (C=O) groups is 1. The Balaban J connectivity index is 1.49. The van der Waals surface area contributed by atoms with Gasteiger partial charge in [0.25, 0.3) is 5.56 Å². The number of benzene rings is 1. The van der Waals surface area contributed by atoms with Gasteiger partial charge in [0.15, 0.2) is 0 Å². The Hall–Kier alpha value is -3.03. The van der Waals surface area contributed by atoms with Crippen LogP contribution in [-0.4, -0.2) is 31.1 Å². The van der Waals surface area contributed by atoms with Crippen molar-refractivity contribution in [3.8, 4) is 0 Å². The first-order valence-corrected chi connectivity index (χ1v) is 8.04. The lowest BCUT2D eigenvalue weighted by molar-refractivity contribution is -0.122. The molecule has 0 unspecified atom stereocenters. The number of rotatable bonds is 3. The van der Waals surface area contributed by atoms with Crippen LogP contribution in [-0.2, 0) is 24.3 Å². The fourth-order valence-electron chi connectivity index (χ4n) is 3.16. The molecule has 0 saturated heterocycles. The topological polar surface area (TPSA) is 81.8 Å². The number of halogens is 1. The first kappa shape index (κ1) is 15.5. The molecule has 0 bridgehead atoms. The molecule has 1 N–H and O–H groups in total. The molecule has 3 aromatic rings. The van der Waals surface area contributed by atoms with Crippen LogP contribution in [0.3, 0.4) is 0 Å². The summed E-state index contributed by atoms with van der Waals surface area (Å²) in [6.07, 6.45) is 6.56. The van der Waals surface area contributed by atoms with E-state index in [1.807, 2.05) is 10.8 Å². The number of amides is 1. The highest BCUT2D eigenvalue weighted by Gasteiger charge is 2.20. The zero-order valence-electron chi connectivity index (χ0n) is 13.4. The normalized spacial score (nSPS) is 16.6. The Morgan fingerprint density at radius 2 is 2.24 bits per heavy atom. The van der Waals surface area contributed by atoms with Crippen LogP contribution in [0.1, 0.15) is 12.2 Å². The SMILES string of the molecule is O=C(Cn1cnc2ccc(F)cc2c1=O)N[C@@H]1CCc2nccn2C1. The minimum Gasteiger partial charge on any atom is -0.350 e. The number of hydrogen-bond acceptors (Lipinski definition) is 4. The molecule has 0 radical (unpaired) electrons. The van der Waals surface area contributed by atoms with Crippen molar-refractivity contribution in [2.24, 2.45) is 0 Å². The van der Waals surface area contributed by atoms with Gasteiger partial charge in [0, 0.05) is 31.4 Å². The molecule has 128 valence electrons. The monoisotopic (exact) mass is 341 g/mol. The second-order valence-electron chi connectivity index (χ2n) is 6.14. The molecule has 4 rings (SSSR count). The summed E-state index contributed by atoms with van der Waals surface area (Å²) in [5.74, 6) is 0.239. The number of aryl methyl sites for hydroxylation is 1. The van der Waals surface area contributed by atoms with E-state index in [4.69, 9.17) is 0 Å². The summed E-state index contributed by atoms with van der Waals surface area (Å²) in [6, 6.07) is 3.83. The van der Waals surface area contributed by atoms with Crippen LogP contribution in [0.25, 0.3) is 10.9 Å². The van der Waals surface area contributed by atoms with Gasteiger partial charge in [-0.15, -0.1) is 0 Å². The maximum Gasteiger partial charge on any atom is 0.261 e. The maximum absolute atomic E-state index is 13.4. The maximum atomic E-state index is 13.4. The quantitative estimate of drug-likeness (QED) is 0.766. The zero-order valence-corrected chi connectivity index (χ0v) is 13.4. The highest BCUT2D eigenvalue weighted by Crippen LogP contribution is 2.13. The molecule has 1 amide bonds. The molecular formula is C17H16FN5O2. The van der Waals surface area contributed by atoms with E-state index in [0.29, 0.717) is 12.1 Å². The molecule has 1 aliphatic rings. The standard InChI is InChI=1S/C17H16FN5O2/c18-11-1-3-14-13(7-11)17(25)23(10-20-14)9-16(24)21-12-2-4-15-19-5-6-22(15)8-12/h1,3,5-7,10,12H,2,4,8-9H2,(H,21,24)/t12-/m1/s1. The van der Waals surface area contributed by atoms with Crippen molar-refractivity contribution in [3.63, 3.8) is 0 Å². The zero-order chi connectivity index (χ0) is 17.4. The molecule has 1 atom stereocenters. The van der Waals surface area contributed by atoms with Crippen LogP contribution in [0.2, 0.25) is 0 Å². The molecule has 1 aliphatic heterocycles. The average Bonchev–Trinajstić information content (AvgIpc) is 3.05. The van der Waals surface area contributed by atoms with Crippen molar-refractivity contribution in [2.45, 2.75) is 32.0 Å². The van der Waals surface area contributed by atoms with Gasteiger partial charge >= 0.3 is 0 Å². The molecule has 3 heterocycles. The molecule has 0 saturated carbocycles. The fraction of sp³-hybridized carbons (Fsp3) is 0.294. The Labute approximate surface area is 142 Å². The van der Waals surface area contributed by atoms with Crippen molar-refractivity contribution < 1.29 is 9.18 Å². The number of imidazole rings is 1. The minimum atomic E-state index is -0.507. The van der Waals surface area contributed by atoms with Gasteiger partial charge in [-0.25, -0.2) is 14.4 Å². The van der Waals surface area contributed by atoms with E-state index in [-0.39, 0.29) is 23.9 Å². The number of nitrogens with one attached hydrogen (secondary N) is 1. The van der Waals surface area contributed by atoms with Crippen LogP contribution >= 0.6 is 0 Å². The van der Waals surface area contributed by atoms with E-state index >= 15 is 0 Å². The Morgan fingerprint density at radius 3 is 3.12 bits per heavy atom. The van der Waals surface area contributed by atoms with Crippen LogP contribution in [0, 0.1) is 5.82 Å². The smallest absolute Gasteiger partial charge is 0.261 e. The molecule has 0 aliphatic carbocycles. The predicted octanol–water partition coefficient (Wildman–Crippen LogP) is 0.863. The summed E-state index contributed by atoms with van der Waals surface area (Å²) >= 11 is 0. The summed E-state index contributed by atoms with van der Waals surface area (Å²) in [5, 5.41) is 3.10. The number of hydrogen-bond donors (Lipinski definition) is 1. The Kier molecular flexibility index (Phi) is 3.79. The summed E-state index contributed by atoms with van der Waals surface area (Å²) in [4.78, 5) is 33.1. The van der Waals surface area contributed by atoms with Crippen LogP contribution in [0.4, 0.5) is 4.39 Å². The third kappa shape index (κ3) is 3.02. The molecule has 2 aromatic heterocycles. The lowest BCUT2D eigenvalue weighted by Gasteiger charge is -2.24. The summed E-state index contributed by atoms with van der Waals surface area (Å²) in [7, 11) is 0. The molecule has 0 fully saturated rings. The largest absolute Gasteiger partial charge is 0.350 e. The average molecular weight is 341 g/mol. The number of fused-ring (bicyclic) bond motifs is 2. The Morgan fingerprint density at radius 1 is 1.36 bits per heavy atom. The summed E-state index contributed by atoms with van der Waals surface area (Å²) in [6.45, 7) is 0.517. The first-order valence-electron chi connectivity index (χ1n) is 8.04. The first-order chi connectivity index (χ1) is 12.1. The summed E-state index contributed by atoms with van der Waals surface area (Å²) in [5.41, 5.74) is -0.0248. The van der Waals surface area contributed by atoms with Crippen molar-refractivity contribution >= 4 is 16.8 Å². The van der Waals surface area contributed by atoms with Crippen molar-refractivity contribution in [1.82, 2.24) is 24.4 Å². The van der Waals surface area contributed by atoms with Crippen molar-refractivity contribution in [2.75, 3.05) is 0 Å². The van der Waals surface area contributed by atoms with Gasteiger partial charge in [-0.3, -0.25) is 14.2 Å². The third-order valence-electron chi connectivity index (χ3n) is 4.40. The molecule has 8 heteroatoms. The van der Waals surface area contributed by atoms with Gasteiger partial charge in [0.2, 0.25) is 5.91 Å². The van der Waals surface area contributed by atoms with E-state index in [9.17, 15) is 14.0 Å². The lowest BCUT2D eigenvalue weighted by atomic mass is 10.1. The van der Waals surface area contributed by atoms with Crippen LogP contribution in [0.5, 0.6) is 0 Å². The van der Waals surface area contributed by atoms with E-state index < -0.39 is 11.4 Å². The molecule has 0 spiro atoms. The number of carbonyl (C=O) groups excluding carboxylic acids is 1. The second-order valence-corrected chi connectivity index (χ2v) is 6.14. The van der Waals surface area contributed by atoms with E-state index in [2.05, 4.69) is 15.3 Å². The van der Waals surface area contributed by atoms with Gasteiger partial charge in [-0.05, 0) is 24.6 Å².